The minimum Gasteiger partial charge on any atom is -0.506 e. The van der Waals surface area contributed by atoms with Crippen LogP contribution >= 0.6 is 0 Å². The normalized spacial score (nSPS) is 12.3. The summed E-state index contributed by atoms with van der Waals surface area (Å²) in [6, 6.07) is 11.6. The van der Waals surface area contributed by atoms with Crippen LogP contribution in [0.15, 0.2) is 47.3 Å². The fourth-order valence-electron chi connectivity index (χ4n) is 3.42. The Hall–Kier alpha value is -3.61. The number of nitrogens with one attached hydrogen (secondary N) is 1. The van der Waals surface area contributed by atoms with Crippen LogP contribution in [0.5, 0.6) is 5.75 Å². The molecule has 2 amide bonds. The lowest BCUT2D eigenvalue weighted by atomic mass is 10.1. The SMILES string of the molecule is NC(=O)c1ccccc1NC(=O)c1c(O)c2cccc3c2n(c1=O)CC3. The van der Waals surface area contributed by atoms with Crippen LogP contribution in [0, 0.1) is 0 Å². The second-order valence-corrected chi connectivity index (χ2v) is 6.11. The van der Waals surface area contributed by atoms with E-state index >= 15 is 0 Å². The molecule has 0 saturated carbocycles. The number of pyridine rings is 1. The second kappa shape index (κ2) is 5.73. The molecule has 2 heterocycles. The van der Waals surface area contributed by atoms with Gasteiger partial charge in [-0.1, -0.05) is 24.3 Å². The van der Waals surface area contributed by atoms with Gasteiger partial charge in [0.05, 0.1) is 16.8 Å². The summed E-state index contributed by atoms with van der Waals surface area (Å²) in [5.74, 6) is -1.85. The number of carbonyl (C=O) groups excluding carboxylic acids is 2. The van der Waals surface area contributed by atoms with E-state index in [1.54, 1.807) is 24.3 Å². The third-order valence-electron chi connectivity index (χ3n) is 4.61. The summed E-state index contributed by atoms with van der Waals surface area (Å²) in [5.41, 5.74) is 6.31. The monoisotopic (exact) mass is 349 g/mol. The van der Waals surface area contributed by atoms with Gasteiger partial charge >= 0.3 is 0 Å². The molecule has 0 bridgehead atoms. The number of benzene rings is 2. The molecule has 0 unspecified atom stereocenters. The van der Waals surface area contributed by atoms with Crippen molar-refractivity contribution in [2.75, 3.05) is 5.32 Å². The number of para-hydroxylation sites is 2. The van der Waals surface area contributed by atoms with Crippen LogP contribution in [0.25, 0.3) is 10.9 Å². The van der Waals surface area contributed by atoms with E-state index in [-0.39, 0.29) is 22.6 Å². The van der Waals surface area contributed by atoms with Crippen molar-refractivity contribution in [2.45, 2.75) is 13.0 Å². The van der Waals surface area contributed by atoms with Crippen molar-refractivity contribution < 1.29 is 14.7 Å². The lowest BCUT2D eigenvalue weighted by Gasteiger charge is -2.12. The van der Waals surface area contributed by atoms with Crippen LogP contribution in [0.2, 0.25) is 0 Å². The first-order chi connectivity index (χ1) is 12.5. The number of hydrogen-bond acceptors (Lipinski definition) is 4. The van der Waals surface area contributed by atoms with Gasteiger partial charge in [0, 0.05) is 11.9 Å². The number of nitrogens with two attached hydrogens (primary N) is 1. The van der Waals surface area contributed by atoms with Crippen LogP contribution in [0.1, 0.15) is 26.3 Å². The topological polar surface area (TPSA) is 114 Å². The standard InChI is InChI=1S/C19H15N3O4/c20-17(24)11-5-1-2-7-13(11)21-18(25)14-16(23)12-6-3-4-10-8-9-22(15(10)12)19(14)26/h1-7,23H,8-9H2,(H2,20,24)(H,21,25). The first-order valence-corrected chi connectivity index (χ1v) is 8.06. The Morgan fingerprint density at radius 3 is 2.65 bits per heavy atom. The molecule has 7 heteroatoms. The van der Waals surface area contributed by atoms with E-state index in [1.165, 1.54) is 16.7 Å². The van der Waals surface area contributed by atoms with Gasteiger partial charge in [-0.25, -0.2) is 0 Å². The van der Waals surface area contributed by atoms with Crippen molar-refractivity contribution in [3.63, 3.8) is 0 Å². The van der Waals surface area contributed by atoms with E-state index in [0.717, 1.165) is 5.56 Å². The molecule has 0 spiro atoms. The molecule has 0 aliphatic carbocycles. The average Bonchev–Trinajstić information content (AvgIpc) is 3.05. The zero-order chi connectivity index (χ0) is 18.4. The minimum atomic E-state index is -0.788. The van der Waals surface area contributed by atoms with E-state index < -0.39 is 17.4 Å². The van der Waals surface area contributed by atoms with Crippen molar-refractivity contribution in [3.8, 4) is 5.75 Å². The number of aromatic nitrogens is 1. The van der Waals surface area contributed by atoms with E-state index in [4.69, 9.17) is 5.73 Å². The predicted octanol–water partition coefficient (Wildman–Crippen LogP) is 1.61. The number of primary amides is 1. The average molecular weight is 349 g/mol. The molecule has 4 N–H and O–H groups in total. The molecule has 0 fully saturated rings. The molecular weight excluding hydrogens is 334 g/mol. The molecule has 26 heavy (non-hydrogen) atoms. The highest BCUT2D eigenvalue weighted by Gasteiger charge is 2.26. The van der Waals surface area contributed by atoms with Crippen LogP contribution < -0.4 is 16.6 Å². The summed E-state index contributed by atoms with van der Waals surface area (Å²) in [6.07, 6.45) is 0.668. The Bertz CT molecular complexity index is 1150. The molecule has 130 valence electrons. The van der Waals surface area contributed by atoms with Crippen LogP contribution in [-0.2, 0) is 13.0 Å². The summed E-state index contributed by atoms with van der Waals surface area (Å²) >= 11 is 0. The largest absolute Gasteiger partial charge is 0.506 e. The summed E-state index contributed by atoms with van der Waals surface area (Å²) in [5, 5.41) is 13.5. The molecule has 2 aromatic carbocycles. The van der Waals surface area contributed by atoms with Gasteiger partial charge in [0.15, 0.2) is 0 Å². The fraction of sp³-hybridized carbons (Fsp3) is 0.105. The predicted molar refractivity (Wildman–Crippen MR) is 96.5 cm³/mol. The summed E-state index contributed by atoms with van der Waals surface area (Å²) in [7, 11) is 0. The van der Waals surface area contributed by atoms with Gasteiger partial charge in [0.1, 0.15) is 11.3 Å². The highest BCUT2D eigenvalue weighted by molar-refractivity contribution is 6.12. The summed E-state index contributed by atoms with van der Waals surface area (Å²) in [6.45, 7) is 0.452. The van der Waals surface area contributed by atoms with Gasteiger partial charge in [-0.15, -0.1) is 0 Å². The Kier molecular flexibility index (Phi) is 3.50. The van der Waals surface area contributed by atoms with Gasteiger partial charge in [-0.05, 0) is 30.2 Å². The van der Waals surface area contributed by atoms with E-state index in [0.29, 0.717) is 23.9 Å². The quantitative estimate of drug-likeness (QED) is 0.666. The second-order valence-electron chi connectivity index (χ2n) is 6.11. The maximum absolute atomic E-state index is 12.8. The Morgan fingerprint density at radius 1 is 1.12 bits per heavy atom. The number of aryl methyl sites for hydroxylation is 2. The molecule has 1 aliphatic heterocycles. The fourth-order valence-corrected chi connectivity index (χ4v) is 3.42. The molecule has 0 saturated heterocycles. The molecule has 4 rings (SSSR count). The Balaban J connectivity index is 1.85. The number of carbonyl (C=O) groups is 2. The highest BCUT2D eigenvalue weighted by atomic mass is 16.3. The third-order valence-corrected chi connectivity index (χ3v) is 4.61. The van der Waals surface area contributed by atoms with Crippen LogP contribution in [0.4, 0.5) is 5.69 Å². The summed E-state index contributed by atoms with van der Waals surface area (Å²) < 4.78 is 1.50. The molecule has 0 radical (unpaired) electrons. The summed E-state index contributed by atoms with van der Waals surface area (Å²) in [4.78, 5) is 37.0. The van der Waals surface area contributed by atoms with Crippen molar-refractivity contribution in [3.05, 3.63) is 69.5 Å². The number of rotatable bonds is 3. The van der Waals surface area contributed by atoms with E-state index in [2.05, 4.69) is 5.32 Å². The molecule has 1 aromatic heterocycles. The van der Waals surface area contributed by atoms with Crippen molar-refractivity contribution in [1.29, 1.82) is 0 Å². The number of nitrogens with zero attached hydrogens (tertiary/aromatic N) is 1. The zero-order valence-corrected chi connectivity index (χ0v) is 13.7. The number of aromatic hydroxyl groups is 1. The molecule has 7 nitrogen and oxygen atoms in total. The van der Waals surface area contributed by atoms with E-state index in [1.807, 2.05) is 6.07 Å². The van der Waals surface area contributed by atoms with Crippen LogP contribution in [-0.4, -0.2) is 21.5 Å². The van der Waals surface area contributed by atoms with E-state index in [9.17, 15) is 19.5 Å². The minimum absolute atomic E-state index is 0.119. The van der Waals surface area contributed by atoms with Crippen molar-refractivity contribution >= 4 is 28.4 Å². The third kappa shape index (κ3) is 2.25. The first kappa shape index (κ1) is 15.9. The zero-order valence-electron chi connectivity index (χ0n) is 13.7. The van der Waals surface area contributed by atoms with Crippen molar-refractivity contribution in [1.82, 2.24) is 4.57 Å². The van der Waals surface area contributed by atoms with Crippen molar-refractivity contribution in [2.24, 2.45) is 5.73 Å². The number of anilines is 1. The Labute approximate surface area is 147 Å². The molecular formula is C19H15N3O4. The highest BCUT2D eigenvalue weighted by Crippen LogP contribution is 2.32. The first-order valence-electron chi connectivity index (χ1n) is 8.06. The molecule has 0 atom stereocenters. The number of hydrogen-bond donors (Lipinski definition) is 3. The smallest absolute Gasteiger partial charge is 0.267 e. The van der Waals surface area contributed by atoms with Gasteiger partial charge in [-0.3, -0.25) is 14.4 Å². The van der Waals surface area contributed by atoms with Crippen LogP contribution in [0.3, 0.4) is 0 Å². The van der Waals surface area contributed by atoms with Gasteiger partial charge in [-0.2, -0.15) is 0 Å². The van der Waals surface area contributed by atoms with Gasteiger partial charge < -0.3 is 20.7 Å². The maximum atomic E-state index is 12.8. The lowest BCUT2D eigenvalue weighted by molar-refractivity contribution is 0.100. The Morgan fingerprint density at radius 2 is 1.88 bits per heavy atom. The maximum Gasteiger partial charge on any atom is 0.267 e. The van der Waals surface area contributed by atoms with Gasteiger partial charge in [0.2, 0.25) is 0 Å². The van der Waals surface area contributed by atoms with Gasteiger partial charge in [0.25, 0.3) is 17.4 Å². The molecule has 1 aliphatic rings. The number of amides is 2. The lowest BCUT2D eigenvalue weighted by Crippen LogP contribution is -2.29. The molecule has 3 aromatic rings.